The molecule has 30 heavy (non-hydrogen) atoms. The van der Waals surface area contributed by atoms with Crippen LogP contribution in [-0.4, -0.2) is 15.5 Å². The molecule has 0 fully saturated rings. The quantitative estimate of drug-likeness (QED) is 0.471. The topological polar surface area (TPSA) is 60.1 Å². The normalized spacial score (nSPS) is 12.5. The fraction of sp³-hybridized carbons (Fsp3) is 0.167. The Bertz CT molecular complexity index is 1200. The van der Waals surface area contributed by atoms with E-state index >= 15 is 0 Å². The van der Waals surface area contributed by atoms with Gasteiger partial charge in [0.1, 0.15) is 29.0 Å². The number of rotatable bonds is 6. The molecule has 0 aliphatic rings. The highest BCUT2D eigenvalue weighted by Crippen LogP contribution is 2.27. The number of carbonyl (C=O) groups excluding carboxylic acids is 1. The molecule has 4 rings (SSSR count). The molecule has 6 heteroatoms. The number of aromatic nitrogens is 2. The summed E-state index contributed by atoms with van der Waals surface area (Å²) < 4.78 is 21.1. The summed E-state index contributed by atoms with van der Waals surface area (Å²) in [5, 5.41) is 3.95. The number of amides is 1. The van der Waals surface area contributed by atoms with E-state index in [1.165, 1.54) is 18.2 Å². The molecule has 2 aromatic heterocycles. The van der Waals surface area contributed by atoms with Crippen molar-refractivity contribution in [2.45, 2.75) is 19.4 Å². The number of aryl methyl sites for hydroxylation is 2. The number of imidazole rings is 1. The van der Waals surface area contributed by atoms with E-state index in [0.29, 0.717) is 5.82 Å². The second-order valence-corrected chi connectivity index (χ2v) is 7.01. The van der Waals surface area contributed by atoms with Crippen LogP contribution < -0.4 is 5.32 Å². The van der Waals surface area contributed by atoms with E-state index in [0.717, 1.165) is 34.3 Å². The summed E-state index contributed by atoms with van der Waals surface area (Å²) >= 11 is 0. The van der Waals surface area contributed by atoms with Crippen molar-refractivity contribution in [3.05, 3.63) is 95.5 Å². The van der Waals surface area contributed by atoms with Crippen molar-refractivity contribution in [2.24, 2.45) is 7.05 Å². The van der Waals surface area contributed by atoms with E-state index in [4.69, 9.17) is 4.42 Å². The Morgan fingerprint density at radius 3 is 2.70 bits per heavy atom. The minimum atomic E-state index is -0.505. The Hall–Kier alpha value is -3.67. The van der Waals surface area contributed by atoms with E-state index < -0.39 is 6.04 Å². The van der Waals surface area contributed by atoms with Crippen LogP contribution in [0.2, 0.25) is 0 Å². The predicted molar refractivity (Wildman–Crippen MR) is 114 cm³/mol. The molecule has 0 saturated carbocycles. The second kappa shape index (κ2) is 8.37. The second-order valence-electron chi connectivity index (χ2n) is 7.01. The van der Waals surface area contributed by atoms with Gasteiger partial charge in [-0.1, -0.05) is 37.3 Å². The van der Waals surface area contributed by atoms with Crippen molar-refractivity contribution >= 4 is 23.0 Å². The third-order valence-electron chi connectivity index (χ3n) is 5.04. The van der Waals surface area contributed by atoms with Crippen molar-refractivity contribution in [3.63, 3.8) is 0 Å². The maximum Gasteiger partial charge on any atom is 0.244 e. The highest BCUT2D eigenvalue weighted by atomic mass is 19.1. The van der Waals surface area contributed by atoms with Gasteiger partial charge in [-0.3, -0.25) is 4.79 Å². The average Bonchev–Trinajstić information content (AvgIpc) is 3.34. The summed E-state index contributed by atoms with van der Waals surface area (Å²) in [6, 6.07) is 13.3. The molecular weight excluding hydrogens is 381 g/mol. The zero-order chi connectivity index (χ0) is 21.1. The molecule has 0 aliphatic heterocycles. The SMILES string of the molecule is CCc1oc2ccccc2c1/C=C/C(=O)NC(c1ccc(F)cc1)c1nccn1C. The molecule has 0 bridgehead atoms. The average molecular weight is 403 g/mol. The molecule has 0 saturated heterocycles. The van der Waals surface area contributed by atoms with Gasteiger partial charge < -0.3 is 14.3 Å². The molecule has 4 aromatic rings. The number of carbonyl (C=O) groups is 1. The minimum absolute atomic E-state index is 0.278. The third kappa shape index (κ3) is 3.89. The summed E-state index contributed by atoms with van der Waals surface area (Å²) in [4.78, 5) is 17.2. The van der Waals surface area contributed by atoms with Crippen LogP contribution in [0.1, 0.15) is 35.7 Å². The Kier molecular flexibility index (Phi) is 5.48. The highest BCUT2D eigenvalue weighted by Gasteiger charge is 2.20. The molecule has 0 radical (unpaired) electrons. The molecule has 5 nitrogen and oxygen atoms in total. The maximum atomic E-state index is 13.4. The largest absolute Gasteiger partial charge is 0.460 e. The van der Waals surface area contributed by atoms with Crippen molar-refractivity contribution in [3.8, 4) is 0 Å². The number of fused-ring (bicyclic) bond motifs is 1. The van der Waals surface area contributed by atoms with E-state index in [1.54, 1.807) is 30.6 Å². The van der Waals surface area contributed by atoms with Crippen LogP contribution >= 0.6 is 0 Å². The summed E-state index contributed by atoms with van der Waals surface area (Å²) in [6.07, 6.45) is 7.47. The number of nitrogens with one attached hydrogen (secondary N) is 1. The molecule has 2 heterocycles. The van der Waals surface area contributed by atoms with E-state index in [9.17, 15) is 9.18 Å². The monoisotopic (exact) mass is 403 g/mol. The van der Waals surface area contributed by atoms with Crippen LogP contribution in [0.5, 0.6) is 0 Å². The number of furan rings is 1. The first-order valence-corrected chi connectivity index (χ1v) is 9.78. The lowest BCUT2D eigenvalue weighted by Crippen LogP contribution is -2.29. The first-order chi connectivity index (χ1) is 14.6. The first kappa shape index (κ1) is 19.6. The molecule has 152 valence electrons. The van der Waals surface area contributed by atoms with Gasteiger partial charge in [0, 0.05) is 42.9 Å². The zero-order valence-electron chi connectivity index (χ0n) is 16.8. The molecule has 1 amide bonds. The number of hydrogen-bond acceptors (Lipinski definition) is 3. The minimum Gasteiger partial charge on any atom is -0.460 e. The smallest absolute Gasteiger partial charge is 0.244 e. The summed E-state index contributed by atoms with van der Waals surface area (Å²) in [5.74, 6) is 0.882. The molecule has 1 N–H and O–H groups in total. The fourth-order valence-electron chi connectivity index (χ4n) is 3.52. The number of nitrogens with zero attached hydrogens (tertiary/aromatic N) is 2. The van der Waals surface area contributed by atoms with Crippen LogP contribution in [-0.2, 0) is 18.3 Å². The van der Waals surface area contributed by atoms with Crippen molar-refractivity contribution < 1.29 is 13.6 Å². The Morgan fingerprint density at radius 1 is 1.23 bits per heavy atom. The summed E-state index contributed by atoms with van der Waals surface area (Å²) in [5.41, 5.74) is 2.45. The fourth-order valence-corrected chi connectivity index (χ4v) is 3.52. The van der Waals surface area contributed by atoms with Gasteiger partial charge in [-0.05, 0) is 29.8 Å². The van der Waals surface area contributed by atoms with Gasteiger partial charge in [0.25, 0.3) is 0 Å². The van der Waals surface area contributed by atoms with Crippen molar-refractivity contribution in [1.82, 2.24) is 14.9 Å². The van der Waals surface area contributed by atoms with Crippen LogP contribution in [0.3, 0.4) is 0 Å². The van der Waals surface area contributed by atoms with Crippen molar-refractivity contribution in [1.29, 1.82) is 0 Å². The first-order valence-electron chi connectivity index (χ1n) is 9.78. The standard InChI is InChI=1S/C24H22FN3O2/c1-3-20-19(18-6-4-5-7-21(18)30-20)12-13-22(29)27-23(24-26-14-15-28(24)2)16-8-10-17(25)11-9-16/h4-15,23H,3H2,1-2H3,(H,27,29)/b13-12+. The highest BCUT2D eigenvalue weighted by molar-refractivity contribution is 5.96. The van der Waals surface area contributed by atoms with Crippen molar-refractivity contribution in [2.75, 3.05) is 0 Å². The number of hydrogen-bond donors (Lipinski definition) is 1. The Balaban J connectivity index is 1.62. The Labute approximate surface area is 173 Å². The van der Waals surface area contributed by atoms with Gasteiger partial charge in [0.05, 0.1) is 0 Å². The molecule has 0 aliphatic carbocycles. The number of halogens is 1. The molecule has 1 unspecified atom stereocenters. The summed E-state index contributed by atoms with van der Waals surface area (Å²) in [7, 11) is 1.85. The van der Waals surface area contributed by atoms with Gasteiger partial charge in [0.15, 0.2) is 0 Å². The van der Waals surface area contributed by atoms with Crippen LogP contribution in [0.25, 0.3) is 17.0 Å². The van der Waals surface area contributed by atoms with Crippen LogP contribution in [0.4, 0.5) is 4.39 Å². The molecule has 1 atom stereocenters. The van der Waals surface area contributed by atoms with Crippen LogP contribution in [0, 0.1) is 5.82 Å². The number of para-hydroxylation sites is 1. The predicted octanol–water partition coefficient (Wildman–Crippen LogP) is 4.79. The molecule has 2 aromatic carbocycles. The van der Waals surface area contributed by atoms with E-state index in [2.05, 4.69) is 10.3 Å². The lowest BCUT2D eigenvalue weighted by atomic mass is 10.1. The number of benzene rings is 2. The van der Waals surface area contributed by atoms with Gasteiger partial charge >= 0.3 is 0 Å². The maximum absolute atomic E-state index is 13.4. The lowest BCUT2D eigenvalue weighted by molar-refractivity contribution is -0.117. The van der Waals surface area contributed by atoms with Gasteiger partial charge in [-0.2, -0.15) is 0 Å². The Morgan fingerprint density at radius 2 is 2.00 bits per heavy atom. The lowest BCUT2D eigenvalue weighted by Gasteiger charge is -2.18. The zero-order valence-corrected chi connectivity index (χ0v) is 16.8. The van der Waals surface area contributed by atoms with Crippen LogP contribution in [0.15, 0.2) is 71.4 Å². The molecule has 0 spiro atoms. The van der Waals surface area contributed by atoms with E-state index in [-0.39, 0.29) is 11.7 Å². The molecular formula is C24H22FN3O2. The van der Waals surface area contributed by atoms with Gasteiger partial charge in [0.2, 0.25) is 5.91 Å². The third-order valence-corrected chi connectivity index (χ3v) is 5.04. The van der Waals surface area contributed by atoms with E-state index in [1.807, 2.05) is 42.8 Å². The van der Waals surface area contributed by atoms with Gasteiger partial charge in [-0.25, -0.2) is 9.37 Å². The van der Waals surface area contributed by atoms with Gasteiger partial charge in [-0.15, -0.1) is 0 Å². The summed E-state index contributed by atoms with van der Waals surface area (Å²) in [6.45, 7) is 2.01.